The summed E-state index contributed by atoms with van der Waals surface area (Å²) in [6.45, 7) is 4.79. The Morgan fingerprint density at radius 3 is 2.64 bits per heavy atom. The highest BCUT2D eigenvalue weighted by molar-refractivity contribution is 14.1. The van der Waals surface area contributed by atoms with Gasteiger partial charge in [-0.3, -0.25) is 0 Å². The molecule has 0 amide bonds. The van der Waals surface area contributed by atoms with E-state index in [9.17, 15) is 0 Å². The highest BCUT2D eigenvalue weighted by Crippen LogP contribution is 2.19. The maximum absolute atomic E-state index is 5.59. The van der Waals surface area contributed by atoms with Gasteiger partial charge in [-0.25, -0.2) is 0 Å². The number of quaternary nitrogens is 1. The first-order chi connectivity index (χ1) is 6.09. The van der Waals surface area contributed by atoms with Gasteiger partial charge in [0, 0.05) is 3.57 Å². The topological polar surface area (TPSA) is 36.9 Å². The summed E-state index contributed by atoms with van der Waals surface area (Å²) in [7, 11) is 0. The monoisotopic (exact) mass is 327 g/mol. The SMILES string of the molecule is Cc1cc(I)ccc1OCC(C)[NH3+].[Cl-]. The fourth-order valence-electron chi connectivity index (χ4n) is 1.01. The van der Waals surface area contributed by atoms with Crippen molar-refractivity contribution >= 4 is 22.6 Å². The number of hydrogen-bond acceptors (Lipinski definition) is 1. The van der Waals surface area contributed by atoms with Gasteiger partial charge < -0.3 is 22.9 Å². The number of benzene rings is 1. The summed E-state index contributed by atoms with van der Waals surface area (Å²) >= 11 is 2.30. The van der Waals surface area contributed by atoms with Crippen LogP contribution in [0.5, 0.6) is 5.75 Å². The van der Waals surface area contributed by atoms with Crippen LogP contribution < -0.4 is 22.9 Å². The second kappa shape index (κ2) is 6.48. The van der Waals surface area contributed by atoms with E-state index in [4.69, 9.17) is 4.74 Å². The van der Waals surface area contributed by atoms with Crippen LogP contribution in [-0.4, -0.2) is 12.6 Å². The van der Waals surface area contributed by atoms with E-state index in [1.165, 1.54) is 9.13 Å². The van der Waals surface area contributed by atoms with Gasteiger partial charge in [0.2, 0.25) is 0 Å². The Labute approximate surface area is 105 Å². The summed E-state index contributed by atoms with van der Waals surface area (Å²) in [6.07, 6.45) is 0. The molecule has 1 rings (SSSR count). The third-order valence-corrected chi connectivity index (χ3v) is 2.33. The van der Waals surface area contributed by atoms with E-state index >= 15 is 0 Å². The van der Waals surface area contributed by atoms with Crippen molar-refractivity contribution in [1.82, 2.24) is 0 Å². The molecular formula is C10H15ClINO. The molecule has 1 atom stereocenters. The van der Waals surface area contributed by atoms with Gasteiger partial charge in [-0.15, -0.1) is 0 Å². The quantitative estimate of drug-likeness (QED) is 0.682. The molecule has 0 aliphatic heterocycles. The summed E-state index contributed by atoms with van der Waals surface area (Å²) < 4.78 is 6.83. The van der Waals surface area contributed by atoms with E-state index in [1.807, 2.05) is 13.0 Å². The van der Waals surface area contributed by atoms with Crippen LogP contribution in [0.15, 0.2) is 18.2 Å². The van der Waals surface area contributed by atoms with Crippen LogP contribution in [0.25, 0.3) is 0 Å². The van der Waals surface area contributed by atoms with Crippen molar-refractivity contribution in [2.75, 3.05) is 6.61 Å². The zero-order chi connectivity index (χ0) is 9.84. The van der Waals surface area contributed by atoms with Crippen LogP contribution in [0.3, 0.4) is 0 Å². The smallest absolute Gasteiger partial charge is 0.139 e. The van der Waals surface area contributed by atoms with Crippen molar-refractivity contribution < 1.29 is 22.9 Å². The third-order valence-electron chi connectivity index (χ3n) is 1.66. The minimum atomic E-state index is 0. The number of rotatable bonds is 3. The molecule has 0 bridgehead atoms. The Morgan fingerprint density at radius 1 is 1.50 bits per heavy atom. The molecule has 0 spiro atoms. The normalized spacial score (nSPS) is 11.7. The molecule has 0 saturated heterocycles. The van der Waals surface area contributed by atoms with Crippen LogP contribution in [0.1, 0.15) is 12.5 Å². The van der Waals surface area contributed by atoms with E-state index in [2.05, 4.69) is 47.4 Å². The van der Waals surface area contributed by atoms with Gasteiger partial charge in [-0.05, 0) is 60.2 Å². The lowest BCUT2D eigenvalue weighted by Gasteiger charge is -2.09. The number of halogens is 2. The molecule has 0 saturated carbocycles. The second-order valence-electron chi connectivity index (χ2n) is 3.33. The largest absolute Gasteiger partial charge is 1.00 e. The van der Waals surface area contributed by atoms with Crippen molar-refractivity contribution in [3.63, 3.8) is 0 Å². The lowest BCUT2D eigenvalue weighted by atomic mass is 10.2. The van der Waals surface area contributed by atoms with Gasteiger partial charge in [0.25, 0.3) is 0 Å². The molecule has 80 valence electrons. The minimum absolute atomic E-state index is 0. The highest BCUT2D eigenvalue weighted by atomic mass is 127. The van der Waals surface area contributed by atoms with E-state index in [0.29, 0.717) is 12.6 Å². The van der Waals surface area contributed by atoms with E-state index in [1.54, 1.807) is 0 Å². The molecule has 2 nitrogen and oxygen atoms in total. The van der Waals surface area contributed by atoms with Gasteiger partial charge in [0.05, 0.1) is 0 Å². The number of aryl methyl sites for hydroxylation is 1. The predicted molar refractivity (Wildman–Crippen MR) is 61.7 cm³/mol. The van der Waals surface area contributed by atoms with Gasteiger partial charge in [-0.1, -0.05) is 0 Å². The van der Waals surface area contributed by atoms with Gasteiger partial charge in [0.15, 0.2) is 0 Å². The molecule has 1 aromatic carbocycles. The van der Waals surface area contributed by atoms with Crippen molar-refractivity contribution in [1.29, 1.82) is 0 Å². The van der Waals surface area contributed by atoms with Gasteiger partial charge in [-0.2, -0.15) is 0 Å². The van der Waals surface area contributed by atoms with Crippen molar-refractivity contribution in [3.05, 3.63) is 27.3 Å². The summed E-state index contributed by atoms with van der Waals surface area (Å²) in [5.74, 6) is 0.968. The number of ether oxygens (including phenoxy) is 1. The van der Waals surface area contributed by atoms with Crippen LogP contribution in [0.4, 0.5) is 0 Å². The molecule has 14 heavy (non-hydrogen) atoms. The first-order valence-corrected chi connectivity index (χ1v) is 5.39. The van der Waals surface area contributed by atoms with Crippen LogP contribution in [-0.2, 0) is 0 Å². The van der Waals surface area contributed by atoms with Crippen molar-refractivity contribution in [3.8, 4) is 5.75 Å². The lowest BCUT2D eigenvalue weighted by molar-refractivity contribution is -0.417. The molecule has 0 aromatic heterocycles. The Kier molecular flexibility index (Phi) is 6.48. The molecule has 0 fully saturated rings. The second-order valence-corrected chi connectivity index (χ2v) is 4.57. The fourth-order valence-corrected chi connectivity index (χ4v) is 1.65. The Bertz CT molecular complexity index is 291. The Hall–Kier alpha value is -0.0000000000000000555. The highest BCUT2D eigenvalue weighted by Gasteiger charge is 2.02. The molecule has 0 heterocycles. The molecular weight excluding hydrogens is 312 g/mol. The summed E-state index contributed by atoms with van der Waals surface area (Å²) in [5, 5.41) is 0. The van der Waals surface area contributed by atoms with Crippen LogP contribution in [0, 0.1) is 10.5 Å². The maximum Gasteiger partial charge on any atom is 0.139 e. The number of hydrogen-bond donors (Lipinski definition) is 1. The van der Waals surface area contributed by atoms with E-state index < -0.39 is 0 Å². The van der Waals surface area contributed by atoms with Gasteiger partial charge >= 0.3 is 0 Å². The maximum atomic E-state index is 5.59. The molecule has 4 heteroatoms. The van der Waals surface area contributed by atoms with E-state index in [0.717, 1.165) is 5.75 Å². The van der Waals surface area contributed by atoms with Crippen molar-refractivity contribution in [2.24, 2.45) is 0 Å². The third kappa shape index (κ3) is 4.48. The van der Waals surface area contributed by atoms with E-state index in [-0.39, 0.29) is 12.4 Å². The fraction of sp³-hybridized carbons (Fsp3) is 0.400. The molecule has 0 aliphatic rings. The van der Waals surface area contributed by atoms with Crippen LogP contribution >= 0.6 is 22.6 Å². The van der Waals surface area contributed by atoms with Crippen molar-refractivity contribution in [2.45, 2.75) is 19.9 Å². The summed E-state index contributed by atoms with van der Waals surface area (Å²) in [4.78, 5) is 0. The Balaban J connectivity index is 0.00000169. The zero-order valence-electron chi connectivity index (χ0n) is 8.39. The average Bonchev–Trinajstić information content (AvgIpc) is 2.02. The molecule has 1 aromatic rings. The standard InChI is InChI=1S/C10H14INO.ClH/c1-7-5-9(11)3-4-10(7)13-6-8(2)12;/h3-5,8H,6,12H2,1-2H3;1H. The van der Waals surface area contributed by atoms with Crippen LogP contribution in [0.2, 0.25) is 0 Å². The predicted octanol–water partition coefficient (Wildman–Crippen LogP) is -1.39. The zero-order valence-corrected chi connectivity index (χ0v) is 11.3. The molecule has 0 radical (unpaired) electrons. The lowest BCUT2D eigenvalue weighted by Crippen LogP contribution is -3.00. The first kappa shape index (κ1) is 14.0. The summed E-state index contributed by atoms with van der Waals surface area (Å²) in [5.41, 5.74) is 5.06. The molecule has 0 aliphatic carbocycles. The Morgan fingerprint density at radius 2 is 2.14 bits per heavy atom. The first-order valence-electron chi connectivity index (χ1n) is 4.31. The summed E-state index contributed by atoms with van der Waals surface area (Å²) in [6, 6.07) is 6.51. The van der Waals surface area contributed by atoms with Gasteiger partial charge in [0.1, 0.15) is 18.4 Å². The molecule has 1 unspecified atom stereocenters. The minimum Gasteiger partial charge on any atom is -1.00 e. The average molecular weight is 328 g/mol. The molecule has 3 N–H and O–H groups in total.